The summed E-state index contributed by atoms with van der Waals surface area (Å²) in [5.41, 5.74) is 2.60. The molecule has 2 aromatic carbocycles. The minimum Gasteiger partial charge on any atom is -0.493 e. The van der Waals surface area contributed by atoms with Crippen LogP contribution in [0.25, 0.3) is 10.9 Å². The summed E-state index contributed by atoms with van der Waals surface area (Å²) in [5, 5.41) is 15.5. The van der Waals surface area contributed by atoms with Crippen molar-refractivity contribution in [1.29, 1.82) is 0 Å². The highest BCUT2D eigenvalue weighted by atomic mass is 35.5. The number of nitrogens with one attached hydrogen (secondary N) is 2. The van der Waals surface area contributed by atoms with Gasteiger partial charge in [-0.05, 0) is 24.3 Å². The van der Waals surface area contributed by atoms with Crippen molar-refractivity contribution in [3.63, 3.8) is 0 Å². The fourth-order valence-electron chi connectivity index (χ4n) is 3.22. The Hall–Kier alpha value is -3.72. The van der Waals surface area contributed by atoms with Gasteiger partial charge in [0.1, 0.15) is 0 Å². The molecule has 4 rings (SSSR count). The fourth-order valence-corrected chi connectivity index (χ4v) is 3.35. The summed E-state index contributed by atoms with van der Waals surface area (Å²) in [4.78, 5) is 4.46. The van der Waals surface area contributed by atoms with E-state index in [1.165, 1.54) is 0 Å². The first kappa shape index (κ1) is 20.5. The Kier molecular flexibility index (Phi) is 5.68. The van der Waals surface area contributed by atoms with Gasteiger partial charge in [-0.1, -0.05) is 11.6 Å². The lowest BCUT2D eigenvalue weighted by atomic mass is 10.2. The molecule has 2 heterocycles. The van der Waals surface area contributed by atoms with Crippen molar-refractivity contribution in [1.82, 2.24) is 19.7 Å². The van der Waals surface area contributed by atoms with Crippen molar-refractivity contribution in [2.45, 2.75) is 0 Å². The largest absolute Gasteiger partial charge is 0.493 e. The van der Waals surface area contributed by atoms with Gasteiger partial charge in [-0.3, -0.25) is 0 Å². The number of aryl methyl sites for hydroxylation is 1. The molecule has 0 aliphatic rings. The van der Waals surface area contributed by atoms with Crippen LogP contribution in [0.15, 0.2) is 42.6 Å². The van der Waals surface area contributed by atoms with Crippen molar-refractivity contribution in [3.8, 4) is 17.2 Å². The number of ether oxygens (including phenoxy) is 3. The molecule has 0 aliphatic carbocycles. The highest BCUT2D eigenvalue weighted by Gasteiger charge is 2.15. The van der Waals surface area contributed by atoms with Crippen molar-refractivity contribution < 1.29 is 14.2 Å². The van der Waals surface area contributed by atoms with Crippen LogP contribution in [-0.2, 0) is 7.05 Å². The van der Waals surface area contributed by atoms with E-state index in [1.54, 1.807) is 33.5 Å². The number of hydrogen-bond donors (Lipinski definition) is 2. The van der Waals surface area contributed by atoms with Crippen molar-refractivity contribution in [3.05, 3.63) is 47.7 Å². The van der Waals surface area contributed by atoms with E-state index < -0.39 is 0 Å². The van der Waals surface area contributed by atoms with Gasteiger partial charge in [0, 0.05) is 47.7 Å². The molecular weight excluding hydrogens is 420 g/mol. The third kappa shape index (κ3) is 4.13. The zero-order valence-electron chi connectivity index (χ0n) is 17.4. The second-order valence-electron chi connectivity index (χ2n) is 6.64. The maximum absolute atomic E-state index is 6.22. The molecule has 9 nitrogen and oxygen atoms in total. The van der Waals surface area contributed by atoms with E-state index in [0.717, 1.165) is 16.6 Å². The van der Waals surface area contributed by atoms with Gasteiger partial charge in [0.2, 0.25) is 11.7 Å². The minimum absolute atomic E-state index is 0.123. The Bertz CT molecular complexity index is 1220. The quantitative estimate of drug-likeness (QED) is 0.432. The number of rotatable bonds is 7. The third-order valence-electron chi connectivity index (χ3n) is 4.71. The van der Waals surface area contributed by atoms with E-state index in [2.05, 4.69) is 30.4 Å². The summed E-state index contributed by atoms with van der Waals surface area (Å²) >= 11 is 6.22. The molecule has 2 aromatic heterocycles. The Morgan fingerprint density at radius 3 is 2.29 bits per heavy atom. The topological polar surface area (TPSA) is 95.4 Å². The molecule has 0 spiro atoms. The molecule has 0 bridgehead atoms. The minimum atomic E-state index is 0.123. The van der Waals surface area contributed by atoms with Crippen molar-refractivity contribution in [2.75, 3.05) is 32.0 Å². The molecule has 0 aliphatic heterocycles. The molecule has 0 atom stereocenters. The highest BCUT2D eigenvalue weighted by molar-refractivity contribution is 6.31. The molecule has 0 saturated carbocycles. The summed E-state index contributed by atoms with van der Waals surface area (Å²) in [6, 6.07) is 11.5. The summed E-state index contributed by atoms with van der Waals surface area (Å²) in [5.74, 6) is 2.11. The number of aromatic nitrogens is 4. The molecule has 160 valence electrons. The second kappa shape index (κ2) is 8.57. The van der Waals surface area contributed by atoms with Crippen LogP contribution in [0, 0.1) is 0 Å². The van der Waals surface area contributed by atoms with Gasteiger partial charge in [0.25, 0.3) is 0 Å². The highest BCUT2D eigenvalue weighted by Crippen LogP contribution is 2.40. The van der Waals surface area contributed by atoms with Crippen LogP contribution >= 0.6 is 11.6 Å². The predicted molar refractivity (Wildman–Crippen MR) is 120 cm³/mol. The van der Waals surface area contributed by atoms with Crippen LogP contribution in [0.2, 0.25) is 5.15 Å². The first-order valence-electron chi connectivity index (χ1n) is 9.31. The van der Waals surface area contributed by atoms with Crippen LogP contribution in [-0.4, -0.2) is 41.1 Å². The molecule has 0 amide bonds. The maximum Gasteiger partial charge on any atom is 0.249 e. The van der Waals surface area contributed by atoms with Gasteiger partial charge in [-0.25, -0.2) is 0 Å². The van der Waals surface area contributed by atoms with Crippen molar-refractivity contribution >= 4 is 45.6 Å². The first-order chi connectivity index (χ1) is 15.0. The molecule has 2 N–H and O–H groups in total. The fraction of sp³-hybridized carbons (Fsp3) is 0.190. The average Bonchev–Trinajstić information content (AvgIpc) is 3.15. The van der Waals surface area contributed by atoms with Crippen molar-refractivity contribution in [2.24, 2.45) is 7.05 Å². The molecule has 0 radical (unpaired) electrons. The average molecular weight is 441 g/mol. The van der Waals surface area contributed by atoms with E-state index in [0.29, 0.717) is 34.7 Å². The first-order valence-corrected chi connectivity index (χ1v) is 9.69. The molecular formula is C21H21ClN6O3. The van der Waals surface area contributed by atoms with Gasteiger partial charge >= 0.3 is 0 Å². The smallest absolute Gasteiger partial charge is 0.249 e. The molecule has 10 heteroatoms. The molecule has 0 saturated heterocycles. The number of halogens is 1. The molecule has 0 fully saturated rings. The van der Waals surface area contributed by atoms with Crippen LogP contribution in [0.1, 0.15) is 0 Å². The third-order valence-corrected chi connectivity index (χ3v) is 4.97. The number of fused-ring (bicyclic) bond motifs is 1. The SMILES string of the molecule is COc1cc(Nc2nc(Nc3ccc4c(ccn4C)c3)nnc2Cl)cc(OC)c1OC. The summed E-state index contributed by atoms with van der Waals surface area (Å²) in [7, 11) is 6.64. The number of benzene rings is 2. The van der Waals surface area contributed by atoms with E-state index >= 15 is 0 Å². The monoisotopic (exact) mass is 440 g/mol. The van der Waals surface area contributed by atoms with Gasteiger partial charge < -0.3 is 29.4 Å². The van der Waals surface area contributed by atoms with Crippen LogP contribution in [0.3, 0.4) is 0 Å². The zero-order valence-corrected chi connectivity index (χ0v) is 18.2. The van der Waals surface area contributed by atoms with Crippen LogP contribution < -0.4 is 24.8 Å². The zero-order chi connectivity index (χ0) is 22.0. The van der Waals surface area contributed by atoms with Gasteiger partial charge in [0.05, 0.1) is 21.3 Å². The Labute approximate surface area is 183 Å². The van der Waals surface area contributed by atoms with Crippen LogP contribution in [0.4, 0.5) is 23.1 Å². The summed E-state index contributed by atoms with van der Waals surface area (Å²) < 4.78 is 18.2. The predicted octanol–water partition coefficient (Wildman–Crippen LogP) is 4.53. The van der Waals surface area contributed by atoms with Gasteiger partial charge in [0.15, 0.2) is 22.5 Å². The molecule has 0 unspecified atom stereocenters. The Morgan fingerprint density at radius 1 is 0.871 bits per heavy atom. The summed E-state index contributed by atoms with van der Waals surface area (Å²) in [6.45, 7) is 0. The van der Waals surface area contributed by atoms with Gasteiger partial charge in [-0.15, -0.1) is 10.2 Å². The number of methoxy groups -OCH3 is 3. The summed E-state index contributed by atoms with van der Waals surface area (Å²) in [6.07, 6.45) is 2.01. The Morgan fingerprint density at radius 2 is 1.61 bits per heavy atom. The lowest BCUT2D eigenvalue weighted by Crippen LogP contribution is -2.04. The molecule has 31 heavy (non-hydrogen) atoms. The van der Waals surface area contributed by atoms with E-state index in [9.17, 15) is 0 Å². The second-order valence-corrected chi connectivity index (χ2v) is 7.00. The van der Waals surface area contributed by atoms with Gasteiger partial charge in [-0.2, -0.15) is 4.98 Å². The van der Waals surface area contributed by atoms with E-state index in [-0.39, 0.29) is 5.15 Å². The maximum atomic E-state index is 6.22. The molecule has 4 aromatic rings. The van der Waals surface area contributed by atoms with E-state index in [4.69, 9.17) is 25.8 Å². The number of anilines is 4. The number of nitrogens with zero attached hydrogens (tertiary/aromatic N) is 4. The van der Waals surface area contributed by atoms with E-state index in [1.807, 2.05) is 37.5 Å². The Balaban J connectivity index is 1.62. The lowest BCUT2D eigenvalue weighted by molar-refractivity contribution is 0.324. The number of hydrogen-bond acceptors (Lipinski definition) is 8. The lowest BCUT2D eigenvalue weighted by Gasteiger charge is -2.15. The normalized spacial score (nSPS) is 10.7. The van der Waals surface area contributed by atoms with Crippen LogP contribution in [0.5, 0.6) is 17.2 Å². The standard InChI is InChI=1S/C21H21ClN6O3/c1-28-8-7-12-9-13(5-6-15(12)28)24-21-25-20(19(22)26-27-21)23-14-10-16(29-2)18(31-4)17(11-14)30-3/h5-11H,1-4H3,(H2,23,24,25,27).